The number of amides is 1. The number of H-pyrrole nitrogens is 1. The molecule has 0 aliphatic rings. The molecule has 6 heteroatoms. The minimum Gasteiger partial charge on any atom is -0.497 e. The van der Waals surface area contributed by atoms with Crippen molar-refractivity contribution in [3.8, 4) is 17.0 Å². The number of hydrogen-bond donors (Lipinski definition) is 2. The molecule has 0 aliphatic carbocycles. The average Bonchev–Trinajstić information content (AvgIpc) is 3.20. The lowest BCUT2D eigenvalue weighted by atomic mass is 10.1. The van der Waals surface area contributed by atoms with E-state index in [0.29, 0.717) is 12.1 Å². The van der Waals surface area contributed by atoms with Gasteiger partial charge in [0.05, 0.1) is 25.0 Å². The third-order valence-corrected chi connectivity index (χ3v) is 4.36. The molecule has 2 heterocycles. The van der Waals surface area contributed by atoms with Crippen molar-refractivity contribution in [3.05, 3.63) is 78.4 Å². The van der Waals surface area contributed by atoms with Gasteiger partial charge in [0.2, 0.25) is 0 Å². The van der Waals surface area contributed by atoms with E-state index in [9.17, 15) is 4.79 Å². The van der Waals surface area contributed by atoms with E-state index in [0.717, 1.165) is 33.6 Å². The highest BCUT2D eigenvalue weighted by Crippen LogP contribution is 2.20. The fraction of sp³-hybridized carbons (Fsp3) is 0.0952. The molecule has 0 spiro atoms. The monoisotopic (exact) mass is 358 g/mol. The molecule has 0 bridgehead atoms. The van der Waals surface area contributed by atoms with Crippen LogP contribution < -0.4 is 10.1 Å². The summed E-state index contributed by atoms with van der Waals surface area (Å²) in [5.41, 5.74) is 4.12. The Bertz CT molecular complexity index is 1090. The molecule has 0 radical (unpaired) electrons. The van der Waals surface area contributed by atoms with Crippen molar-refractivity contribution in [1.29, 1.82) is 0 Å². The Kier molecular flexibility index (Phi) is 4.53. The third kappa shape index (κ3) is 3.64. The Morgan fingerprint density at radius 1 is 1.07 bits per heavy atom. The van der Waals surface area contributed by atoms with E-state index in [4.69, 9.17) is 4.74 Å². The van der Waals surface area contributed by atoms with Gasteiger partial charge >= 0.3 is 0 Å². The number of carbonyl (C=O) groups is 1. The van der Waals surface area contributed by atoms with Gasteiger partial charge in [0, 0.05) is 28.2 Å². The average molecular weight is 358 g/mol. The van der Waals surface area contributed by atoms with Crippen LogP contribution in [0.3, 0.4) is 0 Å². The first-order valence-electron chi connectivity index (χ1n) is 8.53. The third-order valence-electron chi connectivity index (χ3n) is 4.36. The summed E-state index contributed by atoms with van der Waals surface area (Å²) in [5.74, 6) is 0.655. The zero-order valence-corrected chi connectivity index (χ0v) is 14.8. The van der Waals surface area contributed by atoms with E-state index in [1.165, 1.54) is 6.33 Å². The summed E-state index contributed by atoms with van der Waals surface area (Å²) in [6, 6.07) is 17.0. The maximum atomic E-state index is 12.4. The molecular formula is C21H18N4O2. The molecule has 0 saturated heterocycles. The molecule has 2 aromatic heterocycles. The van der Waals surface area contributed by atoms with E-state index in [2.05, 4.69) is 20.3 Å². The lowest BCUT2D eigenvalue weighted by Crippen LogP contribution is -2.23. The van der Waals surface area contributed by atoms with E-state index >= 15 is 0 Å². The van der Waals surface area contributed by atoms with Crippen LogP contribution in [0.25, 0.3) is 22.2 Å². The SMILES string of the molecule is COc1ccc(-c2cc(CNC(=O)c3ccc4[nH]ccc4c3)ncn2)cc1. The number of hydrogen-bond acceptors (Lipinski definition) is 4. The zero-order valence-electron chi connectivity index (χ0n) is 14.8. The van der Waals surface area contributed by atoms with Gasteiger partial charge in [0.1, 0.15) is 12.1 Å². The number of nitrogens with zero attached hydrogens (tertiary/aromatic N) is 2. The Morgan fingerprint density at radius 2 is 1.93 bits per heavy atom. The molecule has 2 N–H and O–H groups in total. The number of benzene rings is 2. The predicted molar refractivity (Wildman–Crippen MR) is 103 cm³/mol. The number of ether oxygens (including phenoxy) is 1. The van der Waals surface area contributed by atoms with Gasteiger partial charge in [-0.1, -0.05) is 0 Å². The lowest BCUT2D eigenvalue weighted by Gasteiger charge is -2.07. The highest BCUT2D eigenvalue weighted by atomic mass is 16.5. The zero-order chi connectivity index (χ0) is 18.6. The van der Waals surface area contributed by atoms with E-state index in [1.54, 1.807) is 13.2 Å². The largest absolute Gasteiger partial charge is 0.497 e. The summed E-state index contributed by atoms with van der Waals surface area (Å²) >= 11 is 0. The highest BCUT2D eigenvalue weighted by Gasteiger charge is 2.08. The van der Waals surface area contributed by atoms with Gasteiger partial charge in [0.15, 0.2) is 0 Å². The summed E-state index contributed by atoms with van der Waals surface area (Å²) in [6.07, 6.45) is 3.36. The van der Waals surface area contributed by atoms with Gasteiger partial charge in [-0.15, -0.1) is 0 Å². The minimum absolute atomic E-state index is 0.136. The molecule has 4 aromatic rings. The number of fused-ring (bicyclic) bond motifs is 1. The molecule has 27 heavy (non-hydrogen) atoms. The second-order valence-corrected chi connectivity index (χ2v) is 6.09. The Balaban J connectivity index is 1.46. The summed E-state index contributed by atoms with van der Waals surface area (Å²) in [5, 5.41) is 3.92. The van der Waals surface area contributed by atoms with E-state index in [-0.39, 0.29) is 5.91 Å². The van der Waals surface area contributed by atoms with Crippen LogP contribution in [0.1, 0.15) is 16.1 Å². The van der Waals surface area contributed by atoms with E-state index in [1.807, 2.05) is 54.7 Å². The van der Waals surface area contributed by atoms with Crippen LogP contribution in [0.5, 0.6) is 5.75 Å². The number of carbonyl (C=O) groups excluding carboxylic acids is 1. The van der Waals surface area contributed by atoms with E-state index < -0.39 is 0 Å². The molecule has 1 amide bonds. The standard InChI is InChI=1S/C21H18N4O2/c1-27-18-5-2-14(3-6-18)20-11-17(24-13-25-20)12-23-21(26)16-4-7-19-15(10-16)8-9-22-19/h2-11,13,22H,12H2,1H3,(H,23,26). The van der Waals surface area contributed by atoms with Crippen molar-refractivity contribution in [1.82, 2.24) is 20.3 Å². The van der Waals surface area contributed by atoms with Gasteiger partial charge in [-0.2, -0.15) is 0 Å². The molecule has 6 nitrogen and oxygen atoms in total. The maximum Gasteiger partial charge on any atom is 0.251 e. The number of aromatic nitrogens is 3. The molecule has 0 aliphatic heterocycles. The Hall–Kier alpha value is -3.67. The molecule has 0 fully saturated rings. The van der Waals surface area contributed by atoms with Crippen LogP contribution in [0.2, 0.25) is 0 Å². The number of aromatic amines is 1. The summed E-state index contributed by atoms with van der Waals surface area (Å²) in [7, 11) is 1.63. The molecule has 134 valence electrons. The first-order chi connectivity index (χ1) is 13.2. The van der Waals surface area contributed by atoms with Gasteiger partial charge in [-0.25, -0.2) is 9.97 Å². The van der Waals surface area contributed by atoms with Crippen molar-refractivity contribution in [2.24, 2.45) is 0 Å². The summed E-state index contributed by atoms with van der Waals surface area (Å²) < 4.78 is 5.18. The second kappa shape index (κ2) is 7.29. The van der Waals surface area contributed by atoms with Crippen LogP contribution in [0.4, 0.5) is 0 Å². The van der Waals surface area contributed by atoms with Crippen LogP contribution in [-0.2, 0) is 6.54 Å². The normalized spacial score (nSPS) is 10.7. The van der Waals surface area contributed by atoms with Crippen molar-refractivity contribution >= 4 is 16.8 Å². The first-order valence-corrected chi connectivity index (χ1v) is 8.53. The molecule has 0 unspecified atom stereocenters. The summed E-state index contributed by atoms with van der Waals surface area (Å²) in [4.78, 5) is 24.1. The highest BCUT2D eigenvalue weighted by molar-refractivity contribution is 5.98. The smallest absolute Gasteiger partial charge is 0.251 e. The quantitative estimate of drug-likeness (QED) is 0.572. The molecule has 2 aromatic carbocycles. The molecule has 0 saturated carbocycles. The minimum atomic E-state index is -0.136. The van der Waals surface area contributed by atoms with Crippen molar-refractivity contribution < 1.29 is 9.53 Å². The van der Waals surface area contributed by atoms with Gasteiger partial charge < -0.3 is 15.0 Å². The predicted octanol–water partition coefficient (Wildman–Crippen LogP) is 3.56. The first kappa shape index (κ1) is 16.8. The van der Waals surface area contributed by atoms with Crippen molar-refractivity contribution in [3.63, 3.8) is 0 Å². The van der Waals surface area contributed by atoms with Gasteiger partial charge in [0.25, 0.3) is 5.91 Å². The fourth-order valence-corrected chi connectivity index (χ4v) is 2.88. The molecular weight excluding hydrogens is 340 g/mol. The van der Waals surface area contributed by atoms with Gasteiger partial charge in [-0.05, 0) is 54.6 Å². The summed E-state index contributed by atoms with van der Waals surface area (Å²) in [6.45, 7) is 0.329. The van der Waals surface area contributed by atoms with Crippen LogP contribution >= 0.6 is 0 Å². The lowest BCUT2D eigenvalue weighted by molar-refractivity contribution is 0.0950. The maximum absolute atomic E-state index is 12.4. The number of methoxy groups -OCH3 is 1. The topological polar surface area (TPSA) is 79.9 Å². The fourth-order valence-electron chi connectivity index (χ4n) is 2.88. The van der Waals surface area contributed by atoms with Crippen LogP contribution in [-0.4, -0.2) is 28.0 Å². The second-order valence-electron chi connectivity index (χ2n) is 6.09. The van der Waals surface area contributed by atoms with Gasteiger partial charge in [-0.3, -0.25) is 4.79 Å². The molecule has 0 atom stereocenters. The van der Waals surface area contributed by atoms with Crippen LogP contribution in [0, 0.1) is 0 Å². The van der Waals surface area contributed by atoms with Crippen molar-refractivity contribution in [2.45, 2.75) is 6.54 Å². The Morgan fingerprint density at radius 3 is 2.74 bits per heavy atom. The molecule has 4 rings (SSSR count). The number of nitrogens with one attached hydrogen (secondary N) is 2. The van der Waals surface area contributed by atoms with Crippen molar-refractivity contribution in [2.75, 3.05) is 7.11 Å². The Labute approximate surface area is 156 Å². The number of rotatable bonds is 5. The van der Waals surface area contributed by atoms with Crippen LogP contribution in [0.15, 0.2) is 67.1 Å².